The van der Waals surface area contributed by atoms with Crippen molar-refractivity contribution in [1.29, 1.82) is 0 Å². The maximum absolute atomic E-state index is 12.5. The highest BCUT2D eigenvalue weighted by atomic mass is 35.5. The van der Waals surface area contributed by atoms with Crippen LogP contribution in [0.1, 0.15) is 5.56 Å². The molecule has 1 aromatic heterocycles. The molecule has 0 unspecified atom stereocenters. The molecule has 0 bridgehead atoms. The summed E-state index contributed by atoms with van der Waals surface area (Å²) in [6.45, 7) is 3.60. The molecule has 0 saturated heterocycles. The van der Waals surface area contributed by atoms with Crippen LogP contribution in [-0.2, 0) is 4.79 Å². The number of fused-ring (bicyclic) bond motifs is 1. The summed E-state index contributed by atoms with van der Waals surface area (Å²) in [5.74, 6) is 0.475. The highest BCUT2D eigenvalue weighted by Crippen LogP contribution is 2.30. The van der Waals surface area contributed by atoms with Gasteiger partial charge in [0.15, 0.2) is 0 Å². The van der Waals surface area contributed by atoms with Gasteiger partial charge in [-0.3, -0.25) is 9.89 Å². The van der Waals surface area contributed by atoms with E-state index in [2.05, 4.69) is 27.6 Å². The lowest BCUT2D eigenvalue weighted by molar-refractivity contribution is -0.116. The predicted molar refractivity (Wildman–Crippen MR) is 123 cm³/mol. The number of nitrogens with zero attached hydrogens (tertiary/aromatic N) is 3. The Labute approximate surface area is 185 Å². The predicted octanol–water partition coefficient (Wildman–Crippen LogP) is 4.04. The Bertz CT molecular complexity index is 1020. The molecule has 0 spiro atoms. The lowest BCUT2D eigenvalue weighted by atomic mass is 10.2. The lowest BCUT2D eigenvalue weighted by Gasteiger charge is -2.16. The lowest BCUT2D eigenvalue weighted by Crippen LogP contribution is -2.25. The molecule has 3 rings (SSSR count). The highest BCUT2D eigenvalue weighted by molar-refractivity contribution is 7.97. The minimum absolute atomic E-state index is 0.129. The molecular weight excluding hydrogens is 422 g/mol. The normalized spacial score (nSPS) is 11.4. The molecule has 0 aliphatic heterocycles. The molecule has 160 valence electrons. The zero-order valence-electron chi connectivity index (χ0n) is 17.5. The van der Waals surface area contributed by atoms with Gasteiger partial charge in [-0.2, -0.15) is 5.10 Å². The second-order valence-corrected chi connectivity index (χ2v) is 8.97. The summed E-state index contributed by atoms with van der Waals surface area (Å²) in [4.78, 5) is 15.5. The molecule has 0 aliphatic rings. The van der Waals surface area contributed by atoms with Gasteiger partial charge in [0.05, 0.1) is 23.3 Å². The van der Waals surface area contributed by atoms with Crippen molar-refractivity contribution < 1.29 is 9.53 Å². The molecule has 0 radical (unpaired) electrons. The number of likely N-dealkylation sites (N-methyl/N-ethyl adjacent to an activating group) is 2. The Morgan fingerprint density at radius 1 is 1.27 bits per heavy atom. The van der Waals surface area contributed by atoms with Gasteiger partial charge in [0.2, 0.25) is 5.91 Å². The van der Waals surface area contributed by atoms with Crippen molar-refractivity contribution in [3.8, 4) is 5.75 Å². The van der Waals surface area contributed by atoms with Crippen LogP contribution in [0.3, 0.4) is 0 Å². The Morgan fingerprint density at radius 3 is 2.80 bits per heavy atom. The van der Waals surface area contributed by atoms with E-state index in [1.54, 1.807) is 24.4 Å². The van der Waals surface area contributed by atoms with Crippen molar-refractivity contribution in [3.63, 3.8) is 0 Å². The Balaban J connectivity index is 1.55. The van der Waals surface area contributed by atoms with Crippen molar-refractivity contribution in [3.05, 3.63) is 47.1 Å². The van der Waals surface area contributed by atoms with Crippen LogP contribution in [0.4, 0.5) is 5.69 Å². The van der Waals surface area contributed by atoms with Gasteiger partial charge >= 0.3 is 0 Å². The number of hydrogen-bond donors (Lipinski definition) is 2. The largest absolute Gasteiger partial charge is 0.491 e. The van der Waals surface area contributed by atoms with E-state index < -0.39 is 0 Å². The monoisotopic (exact) mass is 447 g/mol. The Morgan fingerprint density at radius 2 is 2.07 bits per heavy atom. The quantitative estimate of drug-likeness (QED) is 0.482. The third-order valence-corrected chi connectivity index (χ3v) is 5.54. The van der Waals surface area contributed by atoms with Gasteiger partial charge in [-0.15, -0.1) is 0 Å². The van der Waals surface area contributed by atoms with Crippen molar-refractivity contribution in [2.75, 3.05) is 46.2 Å². The van der Waals surface area contributed by atoms with E-state index in [4.69, 9.17) is 16.3 Å². The topological polar surface area (TPSA) is 73.5 Å². The van der Waals surface area contributed by atoms with E-state index in [-0.39, 0.29) is 12.5 Å². The summed E-state index contributed by atoms with van der Waals surface area (Å²) in [6, 6.07) is 9.41. The van der Waals surface area contributed by atoms with Crippen molar-refractivity contribution in [1.82, 2.24) is 19.4 Å². The average Bonchev–Trinajstić information content (AvgIpc) is 3.11. The van der Waals surface area contributed by atoms with Gasteiger partial charge in [0, 0.05) is 22.5 Å². The SMILES string of the molecule is Cc1cc(SN(C)CC(=O)Nc2ccc(OCCN(C)C)c(Cl)c2)c2[nH]ncc2c1. The molecule has 2 N–H and O–H groups in total. The van der Waals surface area contributed by atoms with Crippen LogP contribution < -0.4 is 10.1 Å². The third kappa shape index (κ3) is 6.12. The first kappa shape index (κ1) is 22.4. The molecule has 2 aromatic carbocycles. The van der Waals surface area contributed by atoms with E-state index in [1.807, 2.05) is 37.3 Å². The molecule has 0 saturated carbocycles. The van der Waals surface area contributed by atoms with E-state index in [0.29, 0.717) is 23.1 Å². The average molecular weight is 448 g/mol. The van der Waals surface area contributed by atoms with Crippen LogP contribution in [0.15, 0.2) is 41.4 Å². The van der Waals surface area contributed by atoms with Crippen LogP contribution in [-0.4, -0.2) is 66.1 Å². The molecule has 0 atom stereocenters. The number of aryl methyl sites for hydroxylation is 1. The number of ether oxygens (including phenoxy) is 1. The smallest absolute Gasteiger partial charge is 0.239 e. The molecule has 1 heterocycles. The summed E-state index contributed by atoms with van der Waals surface area (Å²) in [7, 11) is 5.84. The van der Waals surface area contributed by atoms with Gasteiger partial charge < -0.3 is 15.0 Å². The van der Waals surface area contributed by atoms with E-state index in [0.717, 1.165) is 27.9 Å². The van der Waals surface area contributed by atoms with Gasteiger partial charge in [-0.1, -0.05) is 11.6 Å². The number of anilines is 1. The van der Waals surface area contributed by atoms with Gasteiger partial charge in [0.1, 0.15) is 12.4 Å². The van der Waals surface area contributed by atoms with E-state index in [1.165, 1.54) is 11.9 Å². The Hall–Kier alpha value is -2.26. The van der Waals surface area contributed by atoms with E-state index >= 15 is 0 Å². The van der Waals surface area contributed by atoms with Crippen LogP contribution >= 0.6 is 23.5 Å². The van der Waals surface area contributed by atoms with Crippen molar-refractivity contribution in [2.45, 2.75) is 11.8 Å². The number of benzene rings is 2. The zero-order chi connectivity index (χ0) is 21.7. The highest BCUT2D eigenvalue weighted by Gasteiger charge is 2.13. The number of nitrogens with one attached hydrogen (secondary N) is 2. The number of rotatable bonds is 9. The van der Waals surface area contributed by atoms with Crippen LogP contribution in [0.5, 0.6) is 5.75 Å². The van der Waals surface area contributed by atoms with Crippen LogP contribution in [0, 0.1) is 6.92 Å². The first-order chi connectivity index (χ1) is 14.3. The fourth-order valence-corrected chi connectivity index (χ4v) is 4.12. The summed E-state index contributed by atoms with van der Waals surface area (Å²) in [5, 5.41) is 11.5. The standard InChI is InChI=1S/C21H26ClN5O2S/c1-14-9-15-12-23-25-21(15)19(10-14)30-27(4)13-20(28)24-16-5-6-18(17(22)11-16)29-8-7-26(2)3/h5-6,9-12H,7-8,13H2,1-4H3,(H,23,25)(H,24,28). The fraction of sp³-hybridized carbons (Fsp3) is 0.333. The summed E-state index contributed by atoms with van der Waals surface area (Å²) in [6.07, 6.45) is 1.80. The summed E-state index contributed by atoms with van der Waals surface area (Å²) in [5.41, 5.74) is 2.75. The molecule has 7 nitrogen and oxygen atoms in total. The van der Waals surface area contributed by atoms with Crippen molar-refractivity contribution in [2.24, 2.45) is 0 Å². The van der Waals surface area contributed by atoms with Crippen molar-refractivity contribution >= 4 is 46.0 Å². The number of carbonyl (C=O) groups excluding carboxylic acids is 1. The maximum atomic E-state index is 12.5. The molecule has 30 heavy (non-hydrogen) atoms. The molecule has 0 aliphatic carbocycles. The zero-order valence-corrected chi connectivity index (χ0v) is 19.1. The summed E-state index contributed by atoms with van der Waals surface area (Å²) >= 11 is 7.79. The minimum atomic E-state index is -0.129. The Kier molecular flexibility index (Phi) is 7.60. The number of amides is 1. The second kappa shape index (κ2) is 10.2. The fourth-order valence-electron chi connectivity index (χ4n) is 2.88. The van der Waals surface area contributed by atoms with Gasteiger partial charge in [-0.05, 0) is 75.9 Å². The van der Waals surface area contributed by atoms with Gasteiger partial charge in [-0.25, -0.2) is 4.31 Å². The minimum Gasteiger partial charge on any atom is -0.491 e. The number of halogens is 1. The molecule has 1 amide bonds. The second-order valence-electron chi connectivity index (χ2n) is 7.32. The first-order valence-electron chi connectivity index (χ1n) is 9.51. The number of hydrogen-bond acceptors (Lipinski definition) is 6. The van der Waals surface area contributed by atoms with E-state index in [9.17, 15) is 4.79 Å². The molecule has 0 fully saturated rings. The van der Waals surface area contributed by atoms with Gasteiger partial charge in [0.25, 0.3) is 0 Å². The summed E-state index contributed by atoms with van der Waals surface area (Å²) < 4.78 is 7.55. The number of aromatic amines is 1. The number of aromatic nitrogens is 2. The molecule has 9 heteroatoms. The van der Waals surface area contributed by atoms with Crippen LogP contribution in [0.25, 0.3) is 10.9 Å². The number of carbonyl (C=O) groups is 1. The maximum Gasteiger partial charge on any atom is 0.239 e. The third-order valence-electron chi connectivity index (χ3n) is 4.29. The van der Waals surface area contributed by atoms with Crippen LogP contribution in [0.2, 0.25) is 5.02 Å². The first-order valence-corrected chi connectivity index (χ1v) is 10.7. The molecule has 3 aromatic rings. The molecular formula is C21H26ClN5O2S. The number of H-pyrrole nitrogens is 1.